The third-order valence-corrected chi connectivity index (χ3v) is 3.32. The molecular weight excluding hydrogens is 272 g/mol. The minimum absolute atomic E-state index is 0.000624. The van der Waals surface area contributed by atoms with Gasteiger partial charge in [0, 0.05) is 19.3 Å². The van der Waals surface area contributed by atoms with Crippen molar-refractivity contribution in [1.29, 1.82) is 0 Å². The number of nitrogens with zero attached hydrogens (tertiary/aromatic N) is 2. The summed E-state index contributed by atoms with van der Waals surface area (Å²) in [6, 6.07) is 3.62. The number of rotatable bonds is 2. The fourth-order valence-electron chi connectivity index (χ4n) is 1.85. The average Bonchev–Trinajstić information content (AvgIpc) is 2.25. The van der Waals surface area contributed by atoms with Crippen molar-refractivity contribution in [3.05, 3.63) is 33.2 Å². The van der Waals surface area contributed by atoms with Gasteiger partial charge in [0.25, 0.3) is 5.56 Å². The second-order valence-corrected chi connectivity index (χ2v) is 4.92. The molecule has 88 valence electrons. The molecule has 2 heterocycles. The van der Waals surface area contributed by atoms with E-state index in [1.54, 1.807) is 16.8 Å². The van der Waals surface area contributed by atoms with Gasteiger partial charge in [-0.2, -0.15) is 0 Å². The molecule has 4 nitrogen and oxygen atoms in total. The van der Waals surface area contributed by atoms with Crippen molar-refractivity contribution < 1.29 is 4.74 Å². The molecule has 0 N–H and O–H groups in total. The lowest BCUT2D eigenvalue weighted by Gasteiger charge is -2.30. The number of halogens is 1. The molecule has 1 aromatic rings. The van der Waals surface area contributed by atoms with Crippen LogP contribution in [0.15, 0.2) is 27.6 Å². The highest BCUT2D eigenvalue weighted by atomic mass is 79.9. The molecule has 1 unspecified atom stereocenters. The molecule has 1 aromatic heterocycles. The molecule has 1 saturated heterocycles. The zero-order valence-electron chi connectivity index (χ0n) is 9.23. The van der Waals surface area contributed by atoms with E-state index in [1.807, 2.05) is 6.07 Å². The molecular formula is C11H15BrN2O2. The van der Waals surface area contributed by atoms with Crippen LogP contribution in [-0.2, 0) is 11.3 Å². The second-order valence-electron chi connectivity index (χ2n) is 4.07. The highest BCUT2D eigenvalue weighted by Gasteiger charge is 2.18. The van der Waals surface area contributed by atoms with Crippen LogP contribution in [0.4, 0.5) is 0 Å². The Hall–Kier alpha value is -0.650. The number of aromatic nitrogens is 1. The van der Waals surface area contributed by atoms with E-state index >= 15 is 0 Å². The minimum Gasteiger partial charge on any atom is -0.374 e. The zero-order chi connectivity index (χ0) is 11.5. The number of morpholine rings is 1. The Bertz CT molecular complexity index is 419. The van der Waals surface area contributed by atoms with E-state index in [2.05, 4.69) is 27.9 Å². The van der Waals surface area contributed by atoms with E-state index < -0.39 is 0 Å². The molecule has 2 rings (SSSR count). The zero-order valence-corrected chi connectivity index (χ0v) is 10.8. The molecule has 0 radical (unpaired) electrons. The van der Waals surface area contributed by atoms with Gasteiger partial charge in [-0.25, -0.2) is 0 Å². The first-order chi connectivity index (χ1) is 7.66. The van der Waals surface area contributed by atoms with Crippen molar-refractivity contribution in [2.24, 2.45) is 0 Å². The Morgan fingerprint density at radius 3 is 3.19 bits per heavy atom. The van der Waals surface area contributed by atoms with E-state index in [9.17, 15) is 4.79 Å². The van der Waals surface area contributed by atoms with Crippen LogP contribution in [0.3, 0.4) is 0 Å². The predicted octanol–water partition coefficient (Wildman–Crippen LogP) is 0.941. The molecule has 16 heavy (non-hydrogen) atoms. The highest BCUT2D eigenvalue weighted by Crippen LogP contribution is 2.06. The summed E-state index contributed by atoms with van der Waals surface area (Å²) in [5.41, 5.74) is -0.000624. The molecule has 5 heteroatoms. The third-order valence-electron chi connectivity index (χ3n) is 2.72. The molecule has 1 aliphatic heterocycles. The molecule has 0 spiro atoms. The van der Waals surface area contributed by atoms with Crippen LogP contribution >= 0.6 is 15.9 Å². The predicted molar refractivity (Wildman–Crippen MR) is 65.6 cm³/mol. The van der Waals surface area contributed by atoms with Gasteiger partial charge >= 0.3 is 0 Å². The maximum atomic E-state index is 11.8. The summed E-state index contributed by atoms with van der Waals surface area (Å²) in [5, 5.41) is 0. The topological polar surface area (TPSA) is 34.5 Å². The maximum absolute atomic E-state index is 11.8. The van der Waals surface area contributed by atoms with Crippen molar-refractivity contribution in [3.63, 3.8) is 0 Å². The SMILES string of the molecule is CN1CCOC(Cn2cccc(Br)c2=O)C1. The van der Waals surface area contributed by atoms with Crippen LogP contribution in [0.5, 0.6) is 0 Å². The molecule has 0 amide bonds. The number of likely N-dealkylation sites (N-methyl/N-ethyl adjacent to an activating group) is 1. The minimum atomic E-state index is -0.000624. The Morgan fingerprint density at radius 2 is 2.44 bits per heavy atom. The van der Waals surface area contributed by atoms with Gasteiger partial charge in [-0.3, -0.25) is 4.79 Å². The van der Waals surface area contributed by atoms with Crippen molar-refractivity contribution in [3.8, 4) is 0 Å². The van der Waals surface area contributed by atoms with Crippen LogP contribution < -0.4 is 5.56 Å². The van der Waals surface area contributed by atoms with Gasteiger partial charge in [0.15, 0.2) is 0 Å². The van der Waals surface area contributed by atoms with Crippen molar-refractivity contribution in [2.75, 3.05) is 26.7 Å². The van der Waals surface area contributed by atoms with Gasteiger partial charge in [-0.15, -0.1) is 0 Å². The van der Waals surface area contributed by atoms with Gasteiger partial charge in [0.1, 0.15) is 0 Å². The monoisotopic (exact) mass is 286 g/mol. The highest BCUT2D eigenvalue weighted by molar-refractivity contribution is 9.10. The first-order valence-electron chi connectivity index (χ1n) is 5.32. The Morgan fingerprint density at radius 1 is 1.62 bits per heavy atom. The van der Waals surface area contributed by atoms with Gasteiger partial charge in [-0.05, 0) is 35.1 Å². The number of ether oxygens (including phenoxy) is 1. The van der Waals surface area contributed by atoms with Gasteiger partial charge < -0.3 is 14.2 Å². The average molecular weight is 287 g/mol. The number of hydrogen-bond acceptors (Lipinski definition) is 3. The van der Waals surface area contributed by atoms with E-state index in [1.165, 1.54) is 0 Å². The van der Waals surface area contributed by atoms with Crippen LogP contribution in [0, 0.1) is 0 Å². The lowest BCUT2D eigenvalue weighted by molar-refractivity contribution is -0.0279. The second kappa shape index (κ2) is 5.12. The number of pyridine rings is 1. The molecule has 1 fully saturated rings. The first-order valence-corrected chi connectivity index (χ1v) is 6.11. The number of hydrogen-bond donors (Lipinski definition) is 0. The fraction of sp³-hybridized carbons (Fsp3) is 0.545. The summed E-state index contributed by atoms with van der Waals surface area (Å²) >= 11 is 3.24. The maximum Gasteiger partial charge on any atom is 0.264 e. The van der Waals surface area contributed by atoms with Crippen molar-refractivity contribution >= 4 is 15.9 Å². The summed E-state index contributed by atoms with van der Waals surface area (Å²) in [6.45, 7) is 3.19. The van der Waals surface area contributed by atoms with Crippen LogP contribution in [0.2, 0.25) is 0 Å². The Labute approximate surface area is 103 Å². The van der Waals surface area contributed by atoms with Gasteiger partial charge in [0.05, 0.1) is 23.7 Å². The largest absolute Gasteiger partial charge is 0.374 e. The van der Waals surface area contributed by atoms with Crippen LogP contribution in [-0.4, -0.2) is 42.3 Å². The lowest BCUT2D eigenvalue weighted by Crippen LogP contribution is -2.43. The molecule has 0 bridgehead atoms. The summed E-state index contributed by atoms with van der Waals surface area (Å²) < 4.78 is 7.92. The quantitative estimate of drug-likeness (QED) is 0.812. The molecule has 0 saturated carbocycles. The summed E-state index contributed by atoms with van der Waals surface area (Å²) in [6.07, 6.45) is 1.90. The molecule has 0 aliphatic carbocycles. The summed E-state index contributed by atoms with van der Waals surface area (Å²) in [4.78, 5) is 14.0. The van der Waals surface area contributed by atoms with E-state index in [0.29, 0.717) is 11.0 Å². The normalized spacial score (nSPS) is 22.2. The molecule has 1 aliphatic rings. The molecule has 0 aromatic carbocycles. The Kier molecular flexibility index (Phi) is 3.78. The van der Waals surface area contributed by atoms with Crippen LogP contribution in [0.25, 0.3) is 0 Å². The van der Waals surface area contributed by atoms with Gasteiger partial charge in [0.2, 0.25) is 0 Å². The summed E-state index contributed by atoms with van der Waals surface area (Å²) in [7, 11) is 2.07. The van der Waals surface area contributed by atoms with Crippen LogP contribution in [0.1, 0.15) is 0 Å². The van der Waals surface area contributed by atoms with Crippen molar-refractivity contribution in [2.45, 2.75) is 12.6 Å². The van der Waals surface area contributed by atoms with E-state index in [-0.39, 0.29) is 11.7 Å². The Balaban J connectivity index is 2.09. The van der Waals surface area contributed by atoms with Gasteiger partial charge in [-0.1, -0.05) is 0 Å². The van der Waals surface area contributed by atoms with E-state index in [0.717, 1.165) is 19.7 Å². The molecule has 1 atom stereocenters. The first kappa shape index (κ1) is 11.8. The lowest BCUT2D eigenvalue weighted by atomic mass is 10.3. The summed E-state index contributed by atoms with van der Waals surface area (Å²) in [5.74, 6) is 0. The smallest absolute Gasteiger partial charge is 0.264 e. The fourth-order valence-corrected chi connectivity index (χ4v) is 2.23. The van der Waals surface area contributed by atoms with E-state index in [4.69, 9.17) is 4.74 Å². The standard InChI is InChI=1S/C11H15BrN2O2/c1-13-5-6-16-9(7-13)8-14-4-2-3-10(12)11(14)15/h2-4,9H,5-8H2,1H3. The third kappa shape index (κ3) is 2.72. The van der Waals surface area contributed by atoms with Crippen molar-refractivity contribution in [1.82, 2.24) is 9.47 Å².